The highest BCUT2D eigenvalue weighted by Crippen LogP contribution is 2.28. The Morgan fingerprint density at radius 2 is 2.35 bits per heavy atom. The minimum absolute atomic E-state index is 0.479. The summed E-state index contributed by atoms with van der Waals surface area (Å²) in [4.78, 5) is 6.60. The van der Waals surface area contributed by atoms with Gasteiger partial charge in [0.15, 0.2) is 5.96 Å². The summed E-state index contributed by atoms with van der Waals surface area (Å²) in [5.74, 6) is 1.30. The maximum Gasteiger partial charge on any atom is 0.193 e. The van der Waals surface area contributed by atoms with Gasteiger partial charge >= 0.3 is 0 Å². The van der Waals surface area contributed by atoms with E-state index in [-0.39, 0.29) is 0 Å². The monoisotopic (exact) mass is 294 g/mol. The highest BCUT2D eigenvalue weighted by Gasteiger charge is 2.15. The number of rotatable bonds is 5. The summed E-state index contributed by atoms with van der Waals surface area (Å²) in [6.45, 7) is 4.53. The first-order valence-corrected chi connectivity index (χ1v) is 7.87. The van der Waals surface area contributed by atoms with E-state index in [4.69, 9.17) is 9.92 Å². The average Bonchev–Trinajstić information content (AvgIpc) is 2.49. The molecule has 2 rings (SSSR count). The van der Waals surface area contributed by atoms with Crippen LogP contribution >= 0.6 is 12.0 Å². The van der Waals surface area contributed by atoms with Crippen LogP contribution < -0.4 is 16.0 Å². The fourth-order valence-electron chi connectivity index (χ4n) is 1.95. The topological polar surface area (TPSA) is 62.9 Å². The Balaban J connectivity index is 2.05. The van der Waals surface area contributed by atoms with Gasteiger partial charge in [0.05, 0.1) is 23.9 Å². The molecule has 1 aromatic rings. The molecular formula is C14H22N4OS. The first-order chi connectivity index (χ1) is 9.81. The van der Waals surface area contributed by atoms with Crippen molar-refractivity contribution in [3.05, 3.63) is 24.3 Å². The predicted octanol–water partition coefficient (Wildman–Crippen LogP) is 2.66. The number of unbranched alkanes of at least 4 members (excludes halogenated alkanes) is 1. The molecule has 1 aliphatic heterocycles. The van der Waals surface area contributed by atoms with Gasteiger partial charge < -0.3 is 20.1 Å². The van der Waals surface area contributed by atoms with Gasteiger partial charge in [0, 0.05) is 25.1 Å². The molecule has 1 fully saturated rings. The highest BCUT2D eigenvalue weighted by molar-refractivity contribution is 7.94. The molecule has 0 atom stereocenters. The number of hydrogen-bond donors (Lipinski definition) is 2. The number of benzene rings is 1. The maximum atomic E-state index is 5.94. The Kier molecular flexibility index (Phi) is 6.01. The van der Waals surface area contributed by atoms with Crippen molar-refractivity contribution in [2.24, 2.45) is 10.7 Å². The normalized spacial score (nSPS) is 16.2. The molecule has 3 N–H and O–H groups in total. The molecule has 0 unspecified atom stereocenters. The molecule has 5 nitrogen and oxygen atoms in total. The van der Waals surface area contributed by atoms with Crippen LogP contribution in [0.3, 0.4) is 0 Å². The molecular weight excluding hydrogens is 272 g/mol. The third-order valence-corrected chi connectivity index (χ3v) is 3.79. The van der Waals surface area contributed by atoms with Crippen molar-refractivity contribution in [2.75, 3.05) is 35.8 Å². The quantitative estimate of drug-likeness (QED) is 0.378. The van der Waals surface area contributed by atoms with E-state index in [0.717, 1.165) is 49.8 Å². The molecule has 0 saturated carbocycles. The lowest BCUT2D eigenvalue weighted by molar-refractivity contribution is 0.367. The van der Waals surface area contributed by atoms with Gasteiger partial charge in [0.25, 0.3) is 0 Å². The third-order valence-electron chi connectivity index (χ3n) is 3.04. The van der Waals surface area contributed by atoms with Crippen molar-refractivity contribution in [1.82, 2.24) is 0 Å². The molecule has 0 spiro atoms. The molecule has 6 heteroatoms. The zero-order chi connectivity index (χ0) is 14.2. The van der Waals surface area contributed by atoms with Crippen LogP contribution in [0.1, 0.15) is 19.8 Å². The molecule has 20 heavy (non-hydrogen) atoms. The largest absolute Gasteiger partial charge is 0.370 e. The van der Waals surface area contributed by atoms with E-state index in [2.05, 4.69) is 28.2 Å². The van der Waals surface area contributed by atoms with Crippen LogP contribution in [-0.2, 0) is 4.18 Å². The van der Waals surface area contributed by atoms with E-state index in [1.807, 2.05) is 18.2 Å². The van der Waals surface area contributed by atoms with Crippen molar-refractivity contribution in [3.8, 4) is 0 Å². The smallest absolute Gasteiger partial charge is 0.193 e. The van der Waals surface area contributed by atoms with Crippen molar-refractivity contribution in [2.45, 2.75) is 19.8 Å². The van der Waals surface area contributed by atoms with Crippen LogP contribution in [0, 0.1) is 0 Å². The molecule has 0 aliphatic carbocycles. The molecule has 110 valence electrons. The summed E-state index contributed by atoms with van der Waals surface area (Å²) < 4.78 is 5.31. The number of hydrogen-bond acceptors (Lipinski definition) is 4. The number of nitrogens with one attached hydrogen (secondary N) is 1. The molecule has 1 aromatic carbocycles. The van der Waals surface area contributed by atoms with Gasteiger partial charge in [-0.1, -0.05) is 25.5 Å². The van der Waals surface area contributed by atoms with Gasteiger partial charge in [0.2, 0.25) is 0 Å². The summed E-state index contributed by atoms with van der Waals surface area (Å²) in [7, 11) is 0. The Bertz CT molecular complexity index is 447. The Hall–Kier alpha value is -1.40. The Morgan fingerprint density at radius 3 is 3.10 bits per heavy atom. The van der Waals surface area contributed by atoms with Crippen molar-refractivity contribution >= 4 is 29.4 Å². The summed E-state index contributed by atoms with van der Waals surface area (Å²) in [6.07, 6.45) is 2.18. The van der Waals surface area contributed by atoms with Gasteiger partial charge in [-0.2, -0.15) is 0 Å². The van der Waals surface area contributed by atoms with E-state index in [1.54, 1.807) is 0 Å². The second kappa shape index (κ2) is 8.01. The van der Waals surface area contributed by atoms with Crippen LogP contribution in [0.5, 0.6) is 0 Å². The minimum atomic E-state index is 0.479. The van der Waals surface area contributed by atoms with Gasteiger partial charge in [-0.25, -0.2) is 0 Å². The summed E-state index contributed by atoms with van der Waals surface area (Å²) in [5, 5.41) is 3.20. The van der Waals surface area contributed by atoms with Crippen LogP contribution in [0.4, 0.5) is 11.4 Å². The molecule has 0 amide bonds. The first kappa shape index (κ1) is 15.0. The van der Waals surface area contributed by atoms with Crippen molar-refractivity contribution in [1.29, 1.82) is 0 Å². The van der Waals surface area contributed by atoms with E-state index < -0.39 is 0 Å². The zero-order valence-electron chi connectivity index (χ0n) is 11.8. The van der Waals surface area contributed by atoms with Crippen molar-refractivity contribution < 1.29 is 4.18 Å². The van der Waals surface area contributed by atoms with E-state index >= 15 is 0 Å². The second-order valence-electron chi connectivity index (χ2n) is 4.60. The number of guanidine groups is 1. The highest BCUT2D eigenvalue weighted by atomic mass is 32.2. The standard InChI is InChI=1S/C14H22N4OS/c1-2-3-8-16-14(15)17-12-6-4-5-7-13(12)18-9-10-19-20-11-18/h4-7H,2-3,8-11H2,1H3,(H3,15,16,17). The zero-order valence-corrected chi connectivity index (χ0v) is 12.7. The van der Waals surface area contributed by atoms with Gasteiger partial charge in [0.1, 0.15) is 0 Å². The molecule has 0 bridgehead atoms. The maximum absolute atomic E-state index is 5.94. The van der Waals surface area contributed by atoms with E-state index in [9.17, 15) is 0 Å². The number of aliphatic imine (C=N–C) groups is 1. The molecule has 1 saturated heterocycles. The van der Waals surface area contributed by atoms with E-state index in [0.29, 0.717) is 5.96 Å². The fourth-order valence-corrected chi connectivity index (χ4v) is 2.61. The summed E-state index contributed by atoms with van der Waals surface area (Å²) in [6, 6.07) is 8.15. The fraction of sp³-hybridized carbons (Fsp3) is 0.500. The number of para-hydroxylation sites is 2. The third kappa shape index (κ3) is 4.31. The molecule has 0 aromatic heterocycles. The lowest BCUT2D eigenvalue weighted by atomic mass is 10.2. The number of nitrogens with two attached hydrogens (primary N) is 1. The Labute approximate surface area is 124 Å². The molecule has 0 radical (unpaired) electrons. The molecule has 1 aliphatic rings. The van der Waals surface area contributed by atoms with Gasteiger partial charge in [-0.15, -0.1) is 0 Å². The lowest BCUT2D eigenvalue weighted by Gasteiger charge is -2.29. The van der Waals surface area contributed by atoms with Crippen molar-refractivity contribution in [3.63, 3.8) is 0 Å². The minimum Gasteiger partial charge on any atom is -0.370 e. The van der Waals surface area contributed by atoms with Crippen LogP contribution in [0.15, 0.2) is 29.3 Å². The molecule has 1 heterocycles. The SMILES string of the molecule is CCCCN=C(N)Nc1ccccc1N1CCOSC1. The second-order valence-corrected chi connectivity index (χ2v) is 5.32. The van der Waals surface area contributed by atoms with Crippen LogP contribution in [0.25, 0.3) is 0 Å². The lowest BCUT2D eigenvalue weighted by Crippen LogP contribution is -2.32. The van der Waals surface area contributed by atoms with E-state index in [1.165, 1.54) is 12.0 Å². The van der Waals surface area contributed by atoms with Gasteiger partial charge in [-0.05, 0) is 18.6 Å². The predicted molar refractivity (Wildman–Crippen MR) is 87.2 cm³/mol. The van der Waals surface area contributed by atoms with Crippen LogP contribution in [0.2, 0.25) is 0 Å². The average molecular weight is 294 g/mol. The first-order valence-electron chi connectivity index (χ1n) is 6.96. The van der Waals surface area contributed by atoms with Gasteiger partial charge in [-0.3, -0.25) is 4.99 Å². The summed E-state index contributed by atoms with van der Waals surface area (Å²) in [5.41, 5.74) is 8.06. The summed E-state index contributed by atoms with van der Waals surface area (Å²) >= 11 is 1.48. The number of anilines is 2. The Morgan fingerprint density at radius 1 is 1.50 bits per heavy atom. The van der Waals surface area contributed by atoms with Crippen LogP contribution in [-0.4, -0.2) is 31.5 Å². The number of nitrogens with zero attached hydrogens (tertiary/aromatic N) is 2.